The van der Waals surface area contributed by atoms with Gasteiger partial charge in [-0.15, -0.1) is 11.3 Å². The summed E-state index contributed by atoms with van der Waals surface area (Å²) in [5, 5.41) is 2.93. The van der Waals surface area contributed by atoms with Crippen molar-refractivity contribution < 1.29 is 4.79 Å². The van der Waals surface area contributed by atoms with E-state index in [2.05, 4.69) is 25.2 Å². The van der Waals surface area contributed by atoms with Gasteiger partial charge in [0.05, 0.1) is 6.04 Å². The Hall–Kier alpha value is -1.09. The molecular weight excluding hydrogens is 206 g/mol. The molecule has 0 saturated heterocycles. The molecule has 0 bridgehead atoms. The molecule has 1 atom stereocenters. The highest BCUT2D eigenvalue weighted by Gasteiger charge is 2.12. The molecule has 0 aliphatic rings. The smallest absolute Gasteiger partial charge is 0.244 e. The predicted molar refractivity (Wildman–Crippen MR) is 65.2 cm³/mol. The molecule has 1 amide bonds. The van der Waals surface area contributed by atoms with Crippen molar-refractivity contribution in [2.75, 3.05) is 0 Å². The Morgan fingerprint density at radius 2 is 2.20 bits per heavy atom. The number of amides is 1. The molecule has 0 fully saturated rings. The zero-order valence-electron chi connectivity index (χ0n) is 9.63. The summed E-state index contributed by atoms with van der Waals surface area (Å²) in [5.74, 6) is -0.0340. The average molecular weight is 223 g/mol. The van der Waals surface area contributed by atoms with Crippen LogP contribution in [0, 0.1) is 13.8 Å². The lowest BCUT2D eigenvalue weighted by Crippen LogP contribution is -2.24. The van der Waals surface area contributed by atoms with E-state index in [0.717, 1.165) is 0 Å². The van der Waals surface area contributed by atoms with Crippen molar-refractivity contribution in [3.63, 3.8) is 0 Å². The Kier molecular flexibility index (Phi) is 4.09. The fraction of sp³-hybridized carbons (Fsp3) is 0.417. The molecule has 0 aliphatic heterocycles. The van der Waals surface area contributed by atoms with Crippen molar-refractivity contribution >= 4 is 17.2 Å². The Bertz CT molecular complexity index is 379. The zero-order chi connectivity index (χ0) is 11.4. The van der Waals surface area contributed by atoms with Crippen molar-refractivity contribution in [3.05, 3.63) is 33.5 Å². The van der Waals surface area contributed by atoms with Crippen molar-refractivity contribution in [1.82, 2.24) is 5.32 Å². The number of allylic oxidation sites excluding steroid dienone is 1. The lowest BCUT2D eigenvalue weighted by molar-refractivity contribution is -0.117. The lowest BCUT2D eigenvalue weighted by atomic mass is 10.1. The standard InChI is InChI=1S/C12H17NOS/c1-5-6-12(14)13-9(3)11-7-8(2)15-10(11)4/h5-7,9H,1-4H3,(H,13,14). The minimum absolute atomic E-state index is 0.0340. The molecule has 0 aromatic carbocycles. The molecule has 1 heterocycles. The number of rotatable bonds is 3. The largest absolute Gasteiger partial charge is 0.346 e. The molecule has 3 heteroatoms. The maximum atomic E-state index is 11.4. The molecule has 0 radical (unpaired) electrons. The van der Waals surface area contributed by atoms with Crippen LogP contribution in [-0.2, 0) is 4.79 Å². The second-order valence-corrected chi connectivity index (χ2v) is 5.06. The molecule has 1 unspecified atom stereocenters. The van der Waals surface area contributed by atoms with Crippen LogP contribution in [0.2, 0.25) is 0 Å². The first-order valence-corrected chi connectivity index (χ1v) is 5.86. The predicted octanol–water partition coefficient (Wildman–Crippen LogP) is 3.12. The lowest BCUT2D eigenvalue weighted by Gasteiger charge is -2.12. The fourth-order valence-electron chi connectivity index (χ4n) is 1.57. The summed E-state index contributed by atoms with van der Waals surface area (Å²) in [6.45, 7) is 8.02. The molecule has 1 N–H and O–H groups in total. The van der Waals surface area contributed by atoms with Gasteiger partial charge in [0.2, 0.25) is 5.91 Å². The van der Waals surface area contributed by atoms with Gasteiger partial charge < -0.3 is 5.32 Å². The summed E-state index contributed by atoms with van der Waals surface area (Å²) in [6.07, 6.45) is 3.29. The van der Waals surface area contributed by atoms with E-state index in [1.54, 1.807) is 23.5 Å². The van der Waals surface area contributed by atoms with Crippen LogP contribution < -0.4 is 5.32 Å². The number of hydrogen-bond donors (Lipinski definition) is 1. The maximum absolute atomic E-state index is 11.4. The van der Waals surface area contributed by atoms with Crippen LogP contribution in [0.4, 0.5) is 0 Å². The van der Waals surface area contributed by atoms with Gasteiger partial charge in [-0.2, -0.15) is 0 Å². The number of aryl methyl sites for hydroxylation is 2. The van der Waals surface area contributed by atoms with Gasteiger partial charge in [-0.3, -0.25) is 4.79 Å². The van der Waals surface area contributed by atoms with Crippen molar-refractivity contribution in [2.24, 2.45) is 0 Å². The monoisotopic (exact) mass is 223 g/mol. The van der Waals surface area contributed by atoms with Gasteiger partial charge in [-0.1, -0.05) is 6.08 Å². The van der Waals surface area contributed by atoms with Gasteiger partial charge in [-0.25, -0.2) is 0 Å². The quantitative estimate of drug-likeness (QED) is 0.784. The number of nitrogens with one attached hydrogen (secondary N) is 1. The first kappa shape index (κ1) is 12.0. The number of hydrogen-bond acceptors (Lipinski definition) is 2. The van der Waals surface area contributed by atoms with Gasteiger partial charge in [0.1, 0.15) is 0 Å². The Morgan fingerprint density at radius 3 is 2.67 bits per heavy atom. The fourth-order valence-corrected chi connectivity index (χ4v) is 2.59. The van der Waals surface area contributed by atoms with Gasteiger partial charge in [0.15, 0.2) is 0 Å². The summed E-state index contributed by atoms with van der Waals surface area (Å²) in [7, 11) is 0. The third-order valence-corrected chi connectivity index (χ3v) is 3.20. The molecule has 0 aliphatic carbocycles. The van der Waals surface area contributed by atoms with E-state index in [9.17, 15) is 4.79 Å². The Morgan fingerprint density at radius 1 is 1.53 bits per heavy atom. The van der Waals surface area contributed by atoms with Crippen molar-refractivity contribution in [2.45, 2.75) is 33.7 Å². The van der Waals surface area contributed by atoms with E-state index < -0.39 is 0 Å². The summed E-state index contributed by atoms with van der Waals surface area (Å²) in [4.78, 5) is 13.9. The maximum Gasteiger partial charge on any atom is 0.244 e. The summed E-state index contributed by atoms with van der Waals surface area (Å²) < 4.78 is 0. The van der Waals surface area contributed by atoms with Crippen LogP contribution in [0.15, 0.2) is 18.2 Å². The van der Waals surface area contributed by atoms with E-state index in [-0.39, 0.29) is 11.9 Å². The zero-order valence-corrected chi connectivity index (χ0v) is 10.4. The second kappa shape index (κ2) is 5.12. The highest BCUT2D eigenvalue weighted by Crippen LogP contribution is 2.25. The van der Waals surface area contributed by atoms with Crippen LogP contribution in [0.25, 0.3) is 0 Å². The first-order chi connectivity index (χ1) is 7.04. The van der Waals surface area contributed by atoms with Crippen LogP contribution in [0.5, 0.6) is 0 Å². The average Bonchev–Trinajstić information content (AvgIpc) is 2.45. The first-order valence-electron chi connectivity index (χ1n) is 5.04. The summed E-state index contributed by atoms with van der Waals surface area (Å²) in [6, 6.07) is 2.22. The topological polar surface area (TPSA) is 29.1 Å². The van der Waals surface area contributed by atoms with Crippen LogP contribution in [0.1, 0.15) is 35.2 Å². The number of thiophene rings is 1. The highest BCUT2D eigenvalue weighted by molar-refractivity contribution is 7.12. The Balaban J connectivity index is 2.72. The summed E-state index contributed by atoms with van der Waals surface area (Å²) in [5.41, 5.74) is 1.22. The molecule has 2 nitrogen and oxygen atoms in total. The second-order valence-electron chi connectivity index (χ2n) is 3.60. The molecule has 82 valence electrons. The Labute approximate surface area is 95.0 Å². The third-order valence-electron chi connectivity index (χ3n) is 2.22. The van der Waals surface area contributed by atoms with Crippen molar-refractivity contribution in [3.8, 4) is 0 Å². The third kappa shape index (κ3) is 3.20. The molecular formula is C12H17NOS. The molecule has 0 spiro atoms. The molecule has 15 heavy (non-hydrogen) atoms. The van der Waals surface area contributed by atoms with E-state index in [4.69, 9.17) is 0 Å². The van der Waals surface area contributed by atoms with Gasteiger partial charge in [0, 0.05) is 9.75 Å². The highest BCUT2D eigenvalue weighted by atomic mass is 32.1. The minimum Gasteiger partial charge on any atom is -0.346 e. The van der Waals surface area contributed by atoms with Crippen LogP contribution in [-0.4, -0.2) is 5.91 Å². The van der Waals surface area contributed by atoms with Gasteiger partial charge >= 0.3 is 0 Å². The number of carbonyl (C=O) groups is 1. The van der Waals surface area contributed by atoms with E-state index in [0.29, 0.717) is 0 Å². The summed E-state index contributed by atoms with van der Waals surface area (Å²) >= 11 is 1.77. The van der Waals surface area contributed by atoms with Crippen molar-refractivity contribution in [1.29, 1.82) is 0 Å². The molecule has 1 aromatic rings. The van der Waals surface area contributed by atoms with Crippen LogP contribution >= 0.6 is 11.3 Å². The van der Waals surface area contributed by atoms with E-state index in [1.807, 2.05) is 13.8 Å². The van der Waals surface area contributed by atoms with E-state index in [1.165, 1.54) is 15.3 Å². The molecule has 1 rings (SSSR count). The van der Waals surface area contributed by atoms with Gasteiger partial charge in [0.25, 0.3) is 0 Å². The SMILES string of the molecule is CC=CC(=O)NC(C)c1cc(C)sc1C. The number of carbonyl (C=O) groups excluding carboxylic acids is 1. The molecule has 1 aromatic heterocycles. The van der Waals surface area contributed by atoms with E-state index >= 15 is 0 Å². The van der Waals surface area contributed by atoms with Gasteiger partial charge in [-0.05, 0) is 45.4 Å². The molecule has 0 saturated carbocycles. The normalized spacial score (nSPS) is 13.1. The minimum atomic E-state index is -0.0340. The van der Waals surface area contributed by atoms with Crippen LogP contribution in [0.3, 0.4) is 0 Å².